The summed E-state index contributed by atoms with van der Waals surface area (Å²) >= 11 is 0. The van der Waals surface area contributed by atoms with E-state index in [1.54, 1.807) is 35.3 Å². The molecule has 0 aliphatic heterocycles. The van der Waals surface area contributed by atoms with Crippen LogP contribution in [0.15, 0.2) is 59.5 Å². The van der Waals surface area contributed by atoms with Gasteiger partial charge >= 0.3 is 0 Å². The van der Waals surface area contributed by atoms with E-state index in [0.29, 0.717) is 11.8 Å². The summed E-state index contributed by atoms with van der Waals surface area (Å²) in [5.74, 6) is -1.65. The van der Waals surface area contributed by atoms with Gasteiger partial charge in [0.2, 0.25) is 10.0 Å². The molecule has 3 aromatic rings. The van der Waals surface area contributed by atoms with Crippen molar-refractivity contribution in [3.05, 3.63) is 78.0 Å². The lowest BCUT2D eigenvalue weighted by molar-refractivity contribution is 0.402. The highest BCUT2D eigenvalue weighted by molar-refractivity contribution is 7.88. The Balaban J connectivity index is 1.73. The van der Waals surface area contributed by atoms with Crippen LogP contribution in [-0.2, 0) is 15.8 Å². The summed E-state index contributed by atoms with van der Waals surface area (Å²) < 4.78 is 60.2. The maximum atomic E-state index is 13.2. The average Bonchev–Trinajstić information content (AvgIpc) is 3.19. The van der Waals surface area contributed by atoms with Gasteiger partial charge in [0, 0.05) is 25.0 Å². The topological polar surface area (TPSA) is 77.1 Å². The van der Waals surface area contributed by atoms with E-state index in [9.17, 15) is 17.2 Å². The summed E-state index contributed by atoms with van der Waals surface area (Å²) in [7, 11) is -3.81. The molecule has 0 saturated heterocycles. The summed E-state index contributed by atoms with van der Waals surface area (Å²) in [4.78, 5) is 0. The molecular formula is C16H15F2N3O3S. The van der Waals surface area contributed by atoms with Crippen LogP contribution >= 0.6 is 0 Å². The van der Waals surface area contributed by atoms with Gasteiger partial charge in [0.15, 0.2) is 0 Å². The van der Waals surface area contributed by atoms with Crippen molar-refractivity contribution in [1.82, 2.24) is 14.5 Å². The summed E-state index contributed by atoms with van der Waals surface area (Å²) in [6.45, 7) is -0.0185. The minimum Gasteiger partial charge on any atom is -0.467 e. The highest BCUT2D eigenvalue weighted by atomic mass is 32.2. The quantitative estimate of drug-likeness (QED) is 0.696. The maximum absolute atomic E-state index is 13.2. The van der Waals surface area contributed by atoms with Crippen LogP contribution in [0.3, 0.4) is 0 Å². The van der Waals surface area contributed by atoms with Gasteiger partial charge in [-0.3, -0.25) is 4.68 Å². The van der Waals surface area contributed by atoms with Crippen LogP contribution in [0.2, 0.25) is 0 Å². The first-order chi connectivity index (χ1) is 11.9. The number of hydrogen-bond acceptors (Lipinski definition) is 4. The number of furan rings is 1. The van der Waals surface area contributed by atoms with Crippen LogP contribution in [0.1, 0.15) is 17.4 Å². The molecule has 0 aliphatic carbocycles. The third kappa shape index (κ3) is 4.52. The van der Waals surface area contributed by atoms with Crippen LogP contribution < -0.4 is 4.72 Å². The van der Waals surface area contributed by atoms with E-state index in [-0.39, 0.29) is 12.1 Å². The third-order valence-corrected chi connectivity index (χ3v) is 4.81. The molecule has 2 aromatic heterocycles. The van der Waals surface area contributed by atoms with E-state index in [4.69, 9.17) is 4.42 Å². The second kappa shape index (κ2) is 7.16. The maximum Gasteiger partial charge on any atom is 0.215 e. The number of sulfonamides is 1. The lowest BCUT2D eigenvalue weighted by atomic mass is 10.2. The molecule has 9 heteroatoms. The van der Waals surface area contributed by atoms with Crippen molar-refractivity contribution in [2.24, 2.45) is 0 Å². The van der Waals surface area contributed by atoms with Crippen LogP contribution in [-0.4, -0.2) is 24.7 Å². The van der Waals surface area contributed by atoms with E-state index in [0.717, 1.165) is 12.1 Å². The molecule has 1 N–H and O–H groups in total. The zero-order valence-electron chi connectivity index (χ0n) is 13.0. The van der Waals surface area contributed by atoms with Gasteiger partial charge in [0.05, 0.1) is 12.0 Å². The van der Waals surface area contributed by atoms with E-state index in [1.807, 2.05) is 0 Å². The SMILES string of the molecule is O=S(=O)(Cc1cc(F)cc(F)c1)NCC(c1ccco1)n1cccn1. The fourth-order valence-electron chi connectivity index (χ4n) is 2.44. The summed E-state index contributed by atoms with van der Waals surface area (Å²) in [6, 6.07) is 7.29. The molecule has 1 aromatic carbocycles. The summed E-state index contributed by atoms with van der Waals surface area (Å²) in [6.07, 6.45) is 4.74. The Morgan fingerprint density at radius 2 is 1.96 bits per heavy atom. The molecule has 25 heavy (non-hydrogen) atoms. The molecule has 0 radical (unpaired) electrons. The zero-order chi connectivity index (χ0) is 17.9. The highest BCUT2D eigenvalue weighted by Gasteiger charge is 2.21. The fraction of sp³-hybridized carbons (Fsp3) is 0.188. The van der Waals surface area contributed by atoms with Crippen LogP contribution in [0.5, 0.6) is 0 Å². The van der Waals surface area contributed by atoms with Crippen LogP contribution in [0.4, 0.5) is 8.78 Å². The molecule has 0 amide bonds. The van der Waals surface area contributed by atoms with Gasteiger partial charge in [0.25, 0.3) is 0 Å². The summed E-state index contributed by atoms with van der Waals surface area (Å²) in [5.41, 5.74) is 0.0265. The number of halogens is 2. The lowest BCUT2D eigenvalue weighted by Crippen LogP contribution is -2.32. The second-order valence-corrected chi connectivity index (χ2v) is 7.21. The monoisotopic (exact) mass is 367 g/mol. The molecule has 0 saturated carbocycles. The van der Waals surface area contributed by atoms with E-state index in [1.165, 1.54) is 6.26 Å². The molecule has 1 unspecified atom stereocenters. The van der Waals surface area contributed by atoms with Gasteiger partial charge in [-0.2, -0.15) is 5.10 Å². The smallest absolute Gasteiger partial charge is 0.215 e. The second-order valence-electron chi connectivity index (χ2n) is 5.40. The van der Waals surface area contributed by atoms with Crippen molar-refractivity contribution >= 4 is 10.0 Å². The molecule has 0 aliphatic rings. The van der Waals surface area contributed by atoms with Crippen molar-refractivity contribution in [3.63, 3.8) is 0 Å². The number of nitrogens with zero attached hydrogens (tertiary/aromatic N) is 2. The molecule has 1 atom stereocenters. The Labute approximate surface area is 143 Å². The molecular weight excluding hydrogens is 352 g/mol. The molecule has 3 rings (SSSR count). The number of hydrogen-bond donors (Lipinski definition) is 1. The largest absolute Gasteiger partial charge is 0.467 e. The normalized spacial score (nSPS) is 13.0. The zero-order valence-corrected chi connectivity index (χ0v) is 13.8. The van der Waals surface area contributed by atoms with Crippen LogP contribution in [0.25, 0.3) is 0 Å². The molecule has 2 heterocycles. The van der Waals surface area contributed by atoms with Crippen LogP contribution in [0, 0.1) is 11.6 Å². The number of aromatic nitrogens is 2. The Kier molecular flexibility index (Phi) is 4.95. The molecule has 0 fully saturated rings. The predicted octanol–water partition coefficient (Wildman–Crippen LogP) is 2.46. The van der Waals surface area contributed by atoms with Crippen molar-refractivity contribution in [2.75, 3.05) is 6.54 Å². The first-order valence-corrected chi connectivity index (χ1v) is 9.03. The summed E-state index contributed by atoms with van der Waals surface area (Å²) in [5, 5.41) is 4.10. The number of rotatable bonds is 7. The minimum absolute atomic E-state index is 0.0185. The van der Waals surface area contributed by atoms with E-state index in [2.05, 4.69) is 9.82 Å². The van der Waals surface area contributed by atoms with E-state index < -0.39 is 33.5 Å². The lowest BCUT2D eigenvalue weighted by Gasteiger charge is -2.16. The van der Waals surface area contributed by atoms with Crippen molar-refractivity contribution in [2.45, 2.75) is 11.8 Å². The Bertz CT molecular complexity index is 871. The van der Waals surface area contributed by atoms with E-state index >= 15 is 0 Å². The third-order valence-electron chi connectivity index (χ3n) is 3.49. The predicted molar refractivity (Wildman–Crippen MR) is 86.1 cm³/mol. The highest BCUT2D eigenvalue weighted by Crippen LogP contribution is 2.18. The Morgan fingerprint density at radius 1 is 1.20 bits per heavy atom. The number of nitrogens with one attached hydrogen (secondary N) is 1. The fourth-order valence-corrected chi connectivity index (χ4v) is 3.56. The van der Waals surface area contributed by atoms with Crippen molar-refractivity contribution in [3.8, 4) is 0 Å². The number of benzene rings is 1. The van der Waals surface area contributed by atoms with Gasteiger partial charge in [-0.25, -0.2) is 21.9 Å². The van der Waals surface area contributed by atoms with Crippen molar-refractivity contribution < 1.29 is 21.6 Å². The van der Waals surface area contributed by atoms with Gasteiger partial charge < -0.3 is 4.42 Å². The first kappa shape index (κ1) is 17.3. The standard InChI is InChI=1S/C16H15F2N3O3S/c17-13-7-12(8-14(18)9-13)11-25(22,23)20-10-15(16-3-1-6-24-16)21-5-2-4-19-21/h1-9,15,20H,10-11H2. The molecule has 6 nitrogen and oxygen atoms in total. The molecule has 0 spiro atoms. The minimum atomic E-state index is -3.81. The molecule has 132 valence electrons. The Morgan fingerprint density at radius 3 is 2.56 bits per heavy atom. The first-order valence-electron chi connectivity index (χ1n) is 7.38. The van der Waals surface area contributed by atoms with Gasteiger partial charge in [-0.05, 0) is 35.9 Å². The van der Waals surface area contributed by atoms with Gasteiger partial charge in [-0.1, -0.05) is 0 Å². The van der Waals surface area contributed by atoms with Crippen molar-refractivity contribution in [1.29, 1.82) is 0 Å². The average molecular weight is 367 g/mol. The van der Waals surface area contributed by atoms with Gasteiger partial charge in [-0.15, -0.1) is 0 Å². The Hall–Kier alpha value is -2.52. The molecule has 0 bridgehead atoms. The van der Waals surface area contributed by atoms with Gasteiger partial charge in [0.1, 0.15) is 23.4 Å².